The van der Waals surface area contributed by atoms with Crippen LogP contribution in [0.15, 0.2) is 15.6 Å². The van der Waals surface area contributed by atoms with Crippen molar-refractivity contribution < 1.29 is 14.4 Å². The van der Waals surface area contributed by atoms with Gasteiger partial charge in [0, 0.05) is 13.0 Å². The van der Waals surface area contributed by atoms with Crippen LogP contribution in [0.1, 0.15) is 41.1 Å². The van der Waals surface area contributed by atoms with Crippen LogP contribution >= 0.6 is 0 Å². The Labute approximate surface area is 106 Å². The zero-order valence-electron chi connectivity index (χ0n) is 10.7. The maximum Gasteiger partial charge on any atom is 0.254 e. The lowest BCUT2D eigenvalue weighted by Crippen LogP contribution is -2.24. The number of unbranched alkanes of at least 4 members (excludes halogenated alkanes) is 1. The molecule has 6 heteroatoms. The summed E-state index contributed by atoms with van der Waals surface area (Å²) < 4.78 is 5.29. The number of nitrogens with zero attached hydrogens (tertiary/aromatic N) is 1. The van der Waals surface area contributed by atoms with Crippen molar-refractivity contribution in [2.75, 3.05) is 6.54 Å². The fourth-order valence-corrected chi connectivity index (χ4v) is 1.63. The summed E-state index contributed by atoms with van der Waals surface area (Å²) in [5, 5.41) is 14.0. The fourth-order valence-electron chi connectivity index (χ4n) is 1.63. The lowest BCUT2D eigenvalue weighted by atomic mass is 10.2. The number of carbonyl (C=O) groups excluding carboxylic acids is 1. The van der Waals surface area contributed by atoms with Crippen molar-refractivity contribution in [3.05, 3.63) is 23.2 Å². The first kappa shape index (κ1) is 14.1. The largest absolute Gasteiger partial charge is 0.466 e. The third-order valence-corrected chi connectivity index (χ3v) is 2.56. The van der Waals surface area contributed by atoms with Gasteiger partial charge in [-0.15, -0.1) is 0 Å². The van der Waals surface area contributed by atoms with Gasteiger partial charge in [-0.2, -0.15) is 0 Å². The van der Waals surface area contributed by atoms with Crippen LogP contribution in [-0.2, 0) is 0 Å². The van der Waals surface area contributed by atoms with E-state index < -0.39 is 0 Å². The molecule has 0 bridgehead atoms. The molecule has 1 aromatic heterocycles. The van der Waals surface area contributed by atoms with Gasteiger partial charge in [-0.1, -0.05) is 5.16 Å². The monoisotopic (exact) mass is 253 g/mol. The molecule has 1 amide bonds. The van der Waals surface area contributed by atoms with Gasteiger partial charge in [0.15, 0.2) is 0 Å². The van der Waals surface area contributed by atoms with Crippen LogP contribution in [-0.4, -0.2) is 23.5 Å². The normalized spacial score (nSPS) is 11.6. The minimum absolute atomic E-state index is 0.131. The molecular weight excluding hydrogens is 234 g/mol. The SMILES string of the molecule is Cc1cc(C(=O)NCCCCC(N)=NO)c(C)o1. The van der Waals surface area contributed by atoms with E-state index in [0.29, 0.717) is 24.3 Å². The molecule has 1 rings (SSSR count). The molecule has 0 aliphatic rings. The first-order valence-electron chi connectivity index (χ1n) is 5.86. The van der Waals surface area contributed by atoms with E-state index in [0.717, 1.165) is 18.6 Å². The summed E-state index contributed by atoms with van der Waals surface area (Å²) >= 11 is 0. The summed E-state index contributed by atoms with van der Waals surface area (Å²) in [6.45, 7) is 4.13. The number of amides is 1. The maximum atomic E-state index is 11.8. The number of carbonyl (C=O) groups is 1. The van der Waals surface area contributed by atoms with Crippen molar-refractivity contribution in [2.45, 2.75) is 33.1 Å². The van der Waals surface area contributed by atoms with Gasteiger partial charge in [0.05, 0.1) is 5.56 Å². The summed E-state index contributed by atoms with van der Waals surface area (Å²) in [6, 6.07) is 1.72. The highest BCUT2D eigenvalue weighted by Crippen LogP contribution is 2.13. The zero-order chi connectivity index (χ0) is 13.5. The molecule has 0 atom stereocenters. The van der Waals surface area contributed by atoms with E-state index in [1.807, 2.05) is 0 Å². The second kappa shape index (κ2) is 6.68. The van der Waals surface area contributed by atoms with Crippen LogP contribution in [0, 0.1) is 13.8 Å². The Hall–Kier alpha value is -1.98. The molecule has 0 aliphatic carbocycles. The summed E-state index contributed by atoms with van der Waals surface area (Å²) in [5.74, 6) is 1.43. The topological polar surface area (TPSA) is 101 Å². The van der Waals surface area contributed by atoms with Gasteiger partial charge in [0.25, 0.3) is 5.91 Å². The molecule has 1 aromatic rings. The van der Waals surface area contributed by atoms with Crippen LogP contribution in [0.5, 0.6) is 0 Å². The standard InChI is InChI=1S/C12H19N3O3/c1-8-7-10(9(2)18-8)12(16)14-6-4-3-5-11(13)15-17/h7,17H,3-6H2,1-2H3,(H2,13,15)(H,14,16). The van der Waals surface area contributed by atoms with Gasteiger partial charge < -0.3 is 20.7 Å². The second-order valence-electron chi connectivity index (χ2n) is 4.13. The summed E-state index contributed by atoms with van der Waals surface area (Å²) in [4.78, 5) is 11.8. The molecule has 4 N–H and O–H groups in total. The third-order valence-electron chi connectivity index (χ3n) is 2.56. The molecule has 0 radical (unpaired) electrons. The van der Waals surface area contributed by atoms with Crippen LogP contribution in [0.4, 0.5) is 0 Å². The van der Waals surface area contributed by atoms with Crippen LogP contribution < -0.4 is 11.1 Å². The smallest absolute Gasteiger partial charge is 0.254 e. The molecule has 0 aromatic carbocycles. The van der Waals surface area contributed by atoms with Crippen LogP contribution in [0.2, 0.25) is 0 Å². The maximum absolute atomic E-state index is 11.8. The third kappa shape index (κ3) is 4.12. The molecule has 0 saturated carbocycles. The molecule has 18 heavy (non-hydrogen) atoms. The lowest BCUT2D eigenvalue weighted by Gasteiger charge is -2.03. The molecule has 0 unspecified atom stereocenters. The van der Waals surface area contributed by atoms with E-state index in [1.165, 1.54) is 0 Å². The number of nitrogens with one attached hydrogen (secondary N) is 1. The van der Waals surface area contributed by atoms with E-state index in [4.69, 9.17) is 15.4 Å². The average Bonchev–Trinajstić information content (AvgIpc) is 2.67. The summed E-state index contributed by atoms with van der Waals surface area (Å²) in [6.07, 6.45) is 2.06. The Morgan fingerprint density at radius 1 is 1.50 bits per heavy atom. The van der Waals surface area contributed by atoms with Crippen molar-refractivity contribution in [1.29, 1.82) is 0 Å². The number of nitrogens with two attached hydrogens (primary N) is 1. The first-order chi connectivity index (χ1) is 8.54. The van der Waals surface area contributed by atoms with E-state index >= 15 is 0 Å². The highest BCUT2D eigenvalue weighted by atomic mass is 16.4. The molecule has 0 saturated heterocycles. The minimum Gasteiger partial charge on any atom is -0.466 e. The first-order valence-corrected chi connectivity index (χ1v) is 5.86. The Bertz CT molecular complexity index is 438. The molecule has 0 spiro atoms. The Morgan fingerprint density at radius 3 is 2.78 bits per heavy atom. The number of amidine groups is 1. The molecule has 0 aliphatic heterocycles. The van der Waals surface area contributed by atoms with Crippen molar-refractivity contribution in [3.63, 3.8) is 0 Å². The lowest BCUT2D eigenvalue weighted by molar-refractivity contribution is 0.0951. The Morgan fingerprint density at radius 2 is 2.22 bits per heavy atom. The van der Waals surface area contributed by atoms with Crippen molar-refractivity contribution >= 4 is 11.7 Å². The highest BCUT2D eigenvalue weighted by Gasteiger charge is 2.12. The predicted molar refractivity (Wildman–Crippen MR) is 67.8 cm³/mol. The van der Waals surface area contributed by atoms with Gasteiger partial charge >= 0.3 is 0 Å². The number of furan rings is 1. The zero-order valence-corrected chi connectivity index (χ0v) is 10.7. The summed E-state index contributed by atoms with van der Waals surface area (Å²) in [5.41, 5.74) is 5.90. The number of oxime groups is 1. The number of aryl methyl sites for hydroxylation is 2. The van der Waals surface area contributed by atoms with Crippen molar-refractivity contribution in [3.8, 4) is 0 Å². The van der Waals surface area contributed by atoms with Crippen molar-refractivity contribution in [2.24, 2.45) is 10.9 Å². The van der Waals surface area contributed by atoms with Gasteiger partial charge in [0.1, 0.15) is 17.4 Å². The van der Waals surface area contributed by atoms with E-state index in [2.05, 4.69) is 10.5 Å². The molecular formula is C12H19N3O3. The predicted octanol–water partition coefficient (Wildman–Crippen LogP) is 1.54. The van der Waals surface area contributed by atoms with Gasteiger partial charge in [-0.25, -0.2) is 0 Å². The van der Waals surface area contributed by atoms with Gasteiger partial charge in [-0.05, 0) is 32.8 Å². The molecule has 1 heterocycles. The summed E-state index contributed by atoms with van der Waals surface area (Å²) in [7, 11) is 0. The quantitative estimate of drug-likeness (QED) is 0.235. The van der Waals surface area contributed by atoms with Gasteiger partial charge in [0.2, 0.25) is 0 Å². The van der Waals surface area contributed by atoms with E-state index in [1.54, 1.807) is 19.9 Å². The minimum atomic E-state index is -0.131. The number of hydrogen-bond donors (Lipinski definition) is 3. The molecule has 0 fully saturated rings. The highest BCUT2D eigenvalue weighted by molar-refractivity contribution is 5.95. The van der Waals surface area contributed by atoms with Crippen LogP contribution in [0.3, 0.4) is 0 Å². The molecule has 100 valence electrons. The van der Waals surface area contributed by atoms with Crippen LogP contribution in [0.25, 0.3) is 0 Å². The van der Waals surface area contributed by atoms with Gasteiger partial charge in [-0.3, -0.25) is 4.79 Å². The number of hydrogen-bond acceptors (Lipinski definition) is 4. The van der Waals surface area contributed by atoms with E-state index in [-0.39, 0.29) is 11.7 Å². The Balaban J connectivity index is 2.28. The van der Waals surface area contributed by atoms with E-state index in [9.17, 15) is 4.79 Å². The average molecular weight is 253 g/mol. The second-order valence-corrected chi connectivity index (χ2v) is 4.13. The molecule has 6 nitrogen and oxygen atoms in total. The number of rotatable bonds is 6. The Kier molecular flexibility index (Phi) is 5.23. The fraction of sp³-hybridized carbons (Fsp3) is 0.500. The van der Waals surface area contributed by atoms with Crippen molar-refractivity contribution in [1.82, 2.24) is 5.32 Å².